The van der Waals surface area contributed by atoms with Crippen molar-refractivity contribution in [1.82, 2.24) is 5.01 Å². The van der Waals surface area contributed by atoms with Crippen molar-refractivity contribution in [2.45, 2.75) is 12.5 Å². The van der Waals surface area contributed by atoms with Crippen molar-refractivity contribution >= 4 is 33.2 Å². The minimum absolute atomic E-state index is 0.00768. The maximum Gasteiger partial charge on any atom is 0.274 e. The van der Waals surface area contributed by atoms with E-state index in [9.17, 15) is 14.9 Å². The van der Waals surface area contributed by atoms with Crippen LogP contribution in [0.3, 0.4) is 0 Å². The van der Waals surface area contributed by atoms with E-state index in [-0.39, 0.29) is 11.6 Å². The summed E-state index contributed by atoms with van der Waals surface area (Å²) in [4.78, 5) is 23.9. The fraction of sp³-hybridized carbons (Fsp3) is 0.0909. The molecule has 0 radical (unpaired) electrons. The van der Waals surface area contributed by atoms with Crippen LogP contribution >= 0.6 is 15.9 Å². The fourth-order valence-corrected chi connectivity index (χ4v) is 3.60. The Labute approximate surface area is 175 Å². The molecule has 0 saturated carbocycles. The molecule has 7 heteroatoms. The molecule has 1 atom stereocenters. The molecule has 0 saturated heterocycles. The van der Waals surface area contributed by atoms with E-state index in [0.717, 1.165) is 15.7 Å². The van der Waals surface area contributed by atoms with Gasteiger partial charge in [0.2, 0.25) is 0 Å². The Morgan fingerprint density at radius 2 is 1.76 bits per heavy atom. The van der Waals surface area contributed by atoms with Gasteiger partial charge in [-0.15, -0.1) is 0 Å². The van der Waals surface area contributed by atoms with Gasteiger partial charge in [0.25, 0.3) is 11.6 Å². The molecular weight excluding hydrogens is 434 g/mol. The lowest BCUT2D eigenvalue weighted by atomic mass is 9.98. The van der Waals surface area contributed by atoms with Crippen molar-refractivity contribution in [3.63, 3.8) is 0 Å². The topological polar surface area (TPSA) is 75.8 Å². The van der Waals surface area contributed by atoms with Crippen LogP contribution in [-0.4, -0.2) is 21.6 Å². The van der Waals surface area contributed by atoms with Gasteiger partial charge in [0, 0.05) is 28.6 Å². The summed E-state index contributed by atoms with van der Waals surface area (Å²) in [6.45, 7) is 0. The molecule has 0 spiro atoms. The molecule has 1 unspecified atom stereocenters. The molecule has 1 heterocycles. The number of nitrogens with zero attached hydrogens (tertiary/aromatic N) is 3. The number of nitro groups is 1. The van der Waals surface area contributed by atoms with Crippen LogP contribution in [0.2, 0.25) is 0 Å². The highest BCUT2D eigenvalue weighted by atomic mass is 79.9. The molecule has 4 rings (SSSR count). The van der Waals surface area contributed by atoms with E-state index in [0.29, 0.717) is 17.5 Å². The number of amides is 1. The van der Waals surface area contributed by atoms with Crippen molar-refractivity contribution in [3.05, 3.63) is 110 Å². The fourth-order valence-electron chi connectivity index (χ4n) is 3.33. The third-order valence-corrected chi connectivity index (χ3v) is 5.31. The number of hydrogen-bond acceptors (Lipinski definition) is 4. The summed E-state index contributed by atoms with van der Waals surface area (Å²) in [5.74, 6) is -0.241. The number of hydrazone groups is 1. The number of halogens is 1. The van der Waals surface area contributed by atoms with Gasteiger partial charge in [-0.3, -0.25) is 14.9 Å². The maximum atomic E-state index is 13.2. The molecular formula is C22H16BrN3O3. The van der Waals surface area contributed by atoms with Crippen LogP contribution < -0.4 is 0 Å². The molecule has 1 aliphatic heterocycles. The highest BCUT2D eigenvalue weighted by Gasteiger charge is 2.34. The molecule has 0 bridgehead atoms. The SMILES string of the molecule is O=C(c1ccccc1)N1N=C(c2ccc(Br)cc2)CC1c1cccc([N+](=O)[O-])c1. The van der Waals surface area contributed by atoms with Gasteiger partial charge in [0.15, 0.2) is 0 Å². The predicted octanol–water partition coefficient (Wildman–Crippen LogP) is 5.35. The van der Waals surface area contributed by atoms with Gasteiger partial charge in [0.1, 0.15) is 0 Å². The van der Waals surface area contributed by atoms with Crippen LogP contribution in [0.4, 0.5) is 5.69 Å². The summed E-state index contributed by atoms with van der Waals surface area (Å²) in [5, 5.41) is 17.3. The minimum Gasteiger partial charge on any atom is -0.267 e. The molecule has 0 aromatic heterocycles. The van der Waals surface area contributed by atoms with Crippen molar-refractivity contribution in [2.24, 2.45) is 5.10 Å². The van der Waals surface area contributed by atoms with Crippen LogP contribution in [0.15, 0.2) is 88.4 Å². The molecule has 3 aromatic rings. The average Bonchev–Trinajstić information content (AvgIpc) is 3.20. The van der Waals surface area contributed by atoms with E-state index in [4.69, 9.17) is 0 Å². The Hall–Kier alpha value is -3.32. The van der Waals surface area contributed by atoms with Crippen LogP contribution in [0.5, 0.6) is 0 Å². The minimum atomic E-state index is -0.432. The van der Waals surface area contributed by atoms with Gasteiger partial charge < -0.3 is 0 Å². The van der Waals surface area contributed by atoms with E-state index < -0.39 is 11.0 Å². The zero-order valence-electron chi connectivity index (χ0n) is 15.2. The molecule has 0 N–H and O–H groups in total. The van der Waals surface area contributed by atoms with Crippen LogP contribution in [0, 0.1) is 10.1 Å². The lowest BCUT2D eigenvalue weighted by molar-refractivity contribution is -0.384. The standard InChI is InChI=1S/C22H16BrN3O3/c23-18-11-9-15(10-12-18)20-14-21(17-7-4-8-19(13-17)26(28)29)25(24-20)22(27)16-5-2-1-3-6-16/h1-13,21H,14H2. The number of nitro benzene ring substituents is 1. The van der Waals surface area contributed by atoms with Gasteiger partial charge in [-0.2, -0.15) is 5.10 Å². The third-order valence-electron chi connectivity index (χ3n) is 4.78. The van der Waals surface area contributed by atoms with Crippen LogP contribution in [0.25, 0.3) is 0 Å². The average molecular weight is 450 g/mol. The first kappa shape index (κ1) is 19.0. The van der Waals surface area contributed by atoms with E-state index >= 15 is 0 Å². The highest BCUT2D eigenvalue weighted by Crippen LogP contribution is 2.35. The number of benzene rings is 3. The monoisotopic (exact) mass is 449 g/mol. The summed E-state index contributed by atoms with van der Waals surface area (Å²) in [7, 11) is 0. The number of non-ortho nitro benzene ring substituents is 1. The van der Waals surface area contributed by atoms with Gasteiger partial charge in [-0.25, -0.2) is 5.01 Å². The van der Waals surface area contributed by atoms with Crippen LogP contribution in [0.1, 0.15) is 33.9 Å². The van der Waals surface area contributed by atoms with E-state index in [1.807, 2.05) is 30.3 Å². The number of rotatable bonds is 4. The first-order valence-electron chi connectivity index (χ1n) is 8.99. The normalized spacial score (nSPS) is 15.8. The summed E-state index contributed by atoms with van der Waals surface area (Å²) in [6.07, 6.45) is 0.474. The zero-order chi connectivity index (χ0) is 20.4. The lowest BCUT2D eigenvalue weighted by Crippen LogP contribution is -2.27. The summed E-state index contributed by atoms with van der Waals surface area (Å²) < 4.78 is 0.951. The molecule has 29 heavy (non-hydrogen) atoms. The Bertz CT molecular complexity index is 1100. The second kappa shape index (κ2) is 7.97. The Kier molecular flexibility index (Phi) is 5.22. The summed E-state index contributed by atoms with van der Waals surface area (Å²) >= 11 is 3.42. The molecule has 1 aliphatic rings. The molecule has 1 amide bonds. The molecule has 0 aliphatic carbocycles. The van der Waals surface area contributed by atoms with Crippen molar-refractivity contribution in [1.29, 1.82) is 0 Å². The zero-order valence-corrected chi connectivity index (χ0v) is 16.8. The van der Waals surface area contributed by atoms with Crippen LogP contribution in [-0.2, 0) is 0 Å². The quantitative estimate of drug-likeness (QED) is 0.397. The third kappa shape index (κ3) is 3.95. The first-order valence-corrected chi connectivity index (χ1v) is 9.78. The second-order valence-corrected chi connectivity index (χ2v) is 7.56. The lowest BCUT2D eigenvalue weighted by Gasteiger charge is -2.22. The van der Waals surface area contributed by atoms with E-state index in [1.165, 1.54) is 17.1 Å². The summed E-state index contributed by atoms with van der Waals surface area (Å²) in [6, 6.07) is 22.6. The smallest absolute Gasteiger partial charge is 0.267 e. The van der Waals surface area contributed by atoms with E-state index in [1.54, 1.807) is 36.4 Å². The van der Waals surface area contributed by atoms with Gasteiger partial charge in [-0.1, -0.05) is 58.4 Å². The van der Waals surface area contributed by atoms with Crippen molar-refractivity contribution in [3.8, 4) is 0 Å². The molecule has 6 nitrogen and oxygen atoms in total. The van der Waals surface area contributed by atoms with Gasteiger partial charge in [-0.05, 0) is 35.4 Å². The molecule has 3 aromatic carbocycles. The Balaban J connectivity index is 1.75. The molecule has 0 fully saturated rings. The van der Waals surface area contributed by atoms with Crippen molar-refractivity contribution < 1.29 is 9.72 Å². The van der Waals surface area contributed by atoms with E-state index in [2.05, 4.69) is 21.0 Å². The Morgan fingerprint density at radius 3 is 2.45 bits per heavy atom. The first-order chi connectivity index (χ1) is 14.0. The van der Waals surface area contributed by atoms with Gasteiger partial charge >= 0.3 is 0 Å². The largest absolute Gasteiger partial charge is 0.274 e. The predicted molar refractivity (Wildman–Crippen MR) is 114 cm³/mol. The Morgan fingerprint density at radius 1 is 1.03 bits per heavy atom. The number of carbonyl (C=O) groups excluding carboxylic acids is 1. The highest BCUT2D eigenvalue weighted by molar-refractivity contribution is 9.10. The second-order valence-electron chi connectivity index (χ2n) is 6.64. The molecule has 144 valence electrons. The maximum absolute atomic E-state index is 13.2. The number of carbonyl (C=O) groups is 1. The van der Waals surface area contributed by atoms with Crippen molar-refractivity contribution in [2.75, 3.05) is 0 Å². The summed E-state index contributed by atoms with van der Waals surface area (Å²) in [5.41, 5.74) is 2.86. The number of hydrogen-bond donors (Lipinski definition) is 0. The van der Waals surface area contributed by atoms with Gasteiger partial charge in [0.05, 0.1) is 16.7 Å².